The Bertz CT molecular complexity index is 994. The minimum absolute atomic E-state index is 0.0474. The smallest absolute Gasteiger partial charge is 0.294 e. The van der Waals surface area contributed by atoms with E-state index in [-0.39, 0.29) is 10.8 Å². The molecule has 2 heterocycles. The monoisotopic (exact) mass is 413 g/mol. The van der Waals surface area contributed by atoms with Crippen molar-refractivity contribution in [2.75, 3.05) is 6.54 Å². The van der Waals surface area contributed by atoms with Crippen LogP contribution < -0.4 is 5.32 Å². The molecule has 26 heavy (non-hydrogen) atoms. The molecular formula is C16H13Cl2N3O4S. The van der Waals surface area contributed by atoms with Crippen molar-refractivity contribution in [1.29, 1.82) is 0 Å². The van der Waals surface area contributed by atoms with Crippen LogP contribution in [0.2, 0.25) is 10.0 Å². The van der Waals surface area contributed by atoms with Crippen molar-refractivity contribution in [1.82, 2.24) is 10.2 Å². The van der Waals surface area contributed by atoms with E-state index in [1.165, 1.54) is 12.1 Å². The first-order chi connectivity index (χ1) is 12.3. The number of guanidine groups is 1. The fourth-order valence-electron chi connectivity index (χ4n) is 2.46. The summed E-state index contributed by atoms with van der Waals surface area (Å²) in [5.41, 5.74) is 1.64. The van der Waals surface area contributed by atoms with Gasteiger partial charge in [-0.15, -0.1) is 0 Å². The van der Waals surface area contributed by atoms with Gasteiger partial charge >= 0.3 is 0 Å². The summed E-state index contributed by atoms with van der Waals surface area (Å²) in [5.74, 6) is 0.546. The van der Waals surface area contributed by atoms with E-state index in [2.05, 4.69) is 10.3 Å². The highest BCUT2D eigenvalue weighted by Crippen LogP contribution is 2.36. The number of carbonyl (C=O) groups is 1. The number of rotatable bonds is 1. The highest BCUT2D eigenvalue weighted by atomic mass is 35.5. The minimum atomic E-state index is -4.00. The van der Waals surface area contributed by atoms with Gasteiger partial charge in [0.15, 0.2) is 0 Å². The molecule has 0 aromatic heterocycles. The Hall–Kier alpha value is -2.13. The van der Waals surface area contributed by atoms with E-state index in [0.29, 0.717) is 29.1 Å². The number of benzene rings is 2. The van der Waals surface area contributed by atoms with Crippen LogP contribution in [0.4, 0.5) is 5.69 Å². The average Bonchev–Trinajstić information content (AvgIpc) is 2.96. The third-order valence-electron chi connectivity index (χ3n) is 3.67. The van der Waals surface area contributed by atoms with Gasteiger partial charge in [-0.2, -0.15) is 8.42 Å². The molecule has 2 aliphatic rings. The van der Waals surface area contributed by atoms with Gasteiger partial charge in [-0.1, -0.05) is 41.4 Å². The predicted molar refractivity (Wildman–Crippen MR) is 98.4 cm³/mol. The van der Waals surface area contributed by atoms with Gasteiger partial charge in [0, 0.05) is 5.56 Å². The van der Waals surface area contributed by atoms with Gasteiger partial charge in [-0.25, -0.2) is 4.99 Å². The molecular weight excluding hydrogens is 401 g/mol. The van der Waals surface area contributed by atoms with Crippen LogP contribution in [-0.2, 0) is 21.5 Å². The van der Waals surface area contributed by atoms with Gasteiger partial charge in [-0.3, -0.25) is 14.7 Å². The van der Waals surface area contributed by atoms with Gasteiger partial charge in [0.1, 0.15) is 6.54 Å². The summed E-state index contributed by atoms with van der Waals surface area (Å²) in [6.07, 6.45) is 0. The van der Waals surface area contributed by atoms with Gasteiger partial charge in [0.2, 0.25) is 11.9 Å². The number of aliphatic imine (C=N–C) groups is 1. The maximum absolute atomic E-state index is 11.2. The second-order valence-electron chi connectivity index (χ2n) is 5.49. The molecule has 1 saturated heterocycles. The van der Waals surface area contributed by atoms with Gasteiger partial charge in [-0.05, 0) is 24.3 Å². The molecule has 0 aliphatic carbocycles. The van der Waals surface area contributed by atoms with Crippen molar-refractivity contribution in [2.45, 2.75) is 11.4 Å². The van der Waals surface area contributed by atoms with Crippen molar-refractivity contribution in [2.24, 2.45) is 4.99 Å². The SMILES string of the molecule is O=C1CN2Cc3c(ccc(Cl)c3Cl)N=C2N1.O=S(=O)(O)c1ccccc1. The molecule has 4 rings (SSSR count). The number of amides is 1. The third-order valence-corrected chi connectivity index (χ3v) is 5.38. The largest absolute Gasteiger partial charge is 0.329 e. The van der Waals surface area contributed by atoms with Crippen molar-refractivity contribution in [3.63, 3.8) is 0 Å². The van der Waals surface area contributed by atoms with E-state index < -0.39 is 10.1 Å². The van der Waals surface area contributed by atoms with Gasteiger partial charge in [0.25, 0.3) is 10.1 Å². The highest BCUT2D eigenvalue weighted by molar-refractivity contribution is 7.85. The van der Waals surface area contributed by atoms with E-state index >= 15 is 0 Å². The Morgan fingerprint density at radius 2 is 1.77 bits per heavy atom. The fraction of sp³-hybridized carbons (Fsp3) is 0.125. The molecule has 0 unspecified atom stereocenters. The van der Waals surface area contributed by atoms with Gasteiger partial charge < -0.3 is 4.90 Å². The number of fused-ring (bicyclic) bond motifs is 2. The van der Waals surface area contributed by atoms with Crippen LogP contribution in [0.3, 0.4) is 0 Å². The van der Waals surface area contributed by atoms with Crippen LogP contribution in [-0.4, -0.2) is 36.3 Å². The number of nitrogens with zero attached hydrogens (tertiary/aromatic N) is 2. The lowest BCUT2D eigenvalue weighted by atomic mass is 10.1. The average molecular weight is 414 g/mol. The van der Waals surface area contributed by atoms with E-state index in [1.54, 1.807) is 30.3 Å². The molecule has 136 valence electrons. The van der Waals surface area contributed by atoms with E-state index in [1.807, 2.05) is 4.90 Å². The molecule has 1 fully saturated rings. The summed E-state index contributed by atoms with van der Waals surface area (Å²) in [7, 11) is -4.00. The zero-order valence-corrected chi connectivity index (χ0v) is 15.5. The standard InChI is InChI=1S/C10H7Cl2N3O.C6H6O3S/c11-6-1-2-7-5(9(6)12)3-15-4-8(16)14-10(15)13-7;7-10(8,9)6-4-2-1-3-5-6/h1-2H,3-4H2,(H,13,14,16);1-5H,(H,7,8,9). The number of halogens is 2. The summed E-state index contributed by atoms with van der Waals surface area (Å²) in [4.78, 5) is 17.3. The molecule has 2 N–H and O–H groups in total. The van der Waals surface area contributed by atoms with E-state index in [4.69, 9.17) is 27.8 Å². The lowest BCUT2D eigenvalue weighted by molar-refractivity contribution is -0.118. The molecule has 7 nitrogen and oxygen atoms in total. The summed E-state index contributed by atoms with van der Waals surface area (Å²) in [5, 5.41) is 3.72. The Balaban J connectivity index is 0.000000170. The first-order valence-corrected chi connectivity index (χ1v) is 9.58. The summed E-state index contributed by atoms with van der Waals surface area (Å²) in [6, 6.07) is 10.9. The second-order valence-corrected chi connectivity index (χ2v) is 7.69. The number of hydrogen-bond acceptors (Lipinski definition) is 5. The second kappa shape index (κ2) is 7.24. The normalized spacial score (nSPS) is 15.3. The Labute approximate surface area is 160 Å². The molecule has 0 atom stereocenters. The first kappa shape index (κ1) is 18.7. The van der Waals surface area contributed by atoms with Gasteiger partial charge in [0.05, 0.1) is 27.2 Å². The molecule has 0 bridgehead atoms. The summed E-state index contributed by atoms with van der Waals surface area (Å²) < 4.78 is 29.2. The van der Waals surface area contributed by atoms with Crippen molar-refractivity contribution in [3.8, 4) is 0 Å². The van der Waals surface area contributed by atoms with Crippen molar-refractivity contribution < 1.29 is 17.8 Å². The third kappa shape index (κ3) is 3.99. The number of hydrogen-bond donors (Lipinski definition) is 2. The van der Waals surface area contributed by atoms with Crippen LogP contribution in [0.25, 0.3) is 0 Å². The van der Waals surface area contributed by atoms with Crippen molar-refractivity contribution >= 4 is 50.9 Å². The molecule has 2 aromatic carbocycles. The zero-order chi connectivity index (χ0) is 18.9. The maximum Gasteiger partial charge on any atom is 0.294 e. The summed E-state index contributed by atoms with van der Waals surface area (Å²) >= 11 is 12.0. The Morgan fingerprint density at radius 1 is 1.08 bits per heavy atom. The molecule has 0 radical (unpaired) electrons. The Kier molecular flexibility index (Phi) is 5.19. The van der Waals surface area contributed by atoms with E-state index in [9.17, 15) is 13.2 Å². The Morgan fingerprint density at radius 3 is 2.38 bits per heavy atom. The lowest BCUT2D eigenvalue weighted by Crippen LogP contribution is -2.32. The lowest BCUT2D eigenvalue weighted by Gasteiger charge is -2.23. The first-order valence-electron chi connectivity index (χ1n) is 7.38. The molecule has 2 aliphatic heterocycles. The van der Waals surface area contributed by atoms with Crippen LogP contribution in [0.5, 0.6) is 0 Å². The fourth-order valence-corrected chi connectivity index (χ4v) is 3.35. The molecule has 0 saturated carbocycles. The highest BCUT2D eigenvalue weighted by Gasteiger charge is 2.30. The molecule has 0 spiro atoms. The predicted octanol–water partition coefficient (Wildman–Crippen LogP) is 2.86. The van der Waals surface area contributed by atoms with Crippen molar-refractivity contribution in [3.05, 3.63) is 58.1 Å². The molecule has 2 aromatic rings. The van der Waals surface area contributed by atoms with E-state index in [0.717, 1.165) is 11.3 Å². The van der Waals surface area contributed by atoms with Crippen LogP contribution in [0, 0.1) is 0 Å². The van der Waals surface area contributed by atoms with Crippen LogP contribution >= 0.6 is 23.2 Å². The zero-order valence-electron chi connectivity index (χ0n) is 13.2. The van der Waals surface area contributed by atoms with Crippen LogP contribution in [0.1, 0.15) is 5.56 Å². The minimum Gasteiger partial charge on any atom is -0.329 e. The topological polar surface area (TPSA) is 99.1 Å². The number of carbonyl (C=O) groups excluding carboxylic acids is 1. The maximum atomic E-state index is 11.2. The molecule has 1 amide bonds. The quantitative estimate of drug-likeness (QED) is 0.700. The molecule has 10 heteroatoms. The summed E-state index contributed by atoms with van der Waals surface area (Å²) in [6.45, 7) is 0.882. The van der Waals surface area contributed by atoms with Crippen LogP contribution in [0.15, 0.2) is 52.4 Å². The number of nitrogens with one attached hydrogen (secondary N) is 1.